The first-order valence-electron chi connectivity index (χ1n) is 6.03. The van der Waals surface area contributed by atoms with Gasteiger partial charge >= 0.3 is 0 Å². The van der Waals surface area contributed by atoms with Crippen molar-refractivity contribution in [2.75, 3.05) is 7.11 Å². The van der Waals surface area contributed by atoms with E-state index in [2.05, 4.69) is 0 Å². The Morgan fingerprint density at radius 3 is 2.47 bits per heavy atom. The van der Waals surface area contributed by atoms with E-state index in [0.29, 0.717) is 17.0 Å². The van der Waals surface area contributed by atoms with Crippen LogP contribution in [0.3, 0.4) is 0 Å². The summed E-state index contributed by atoms with van der Waals surface area (Å²) in [5, 5.41) is 10.1. The van der Waals surface area contributed by atoms with Crippen LogP contribution in [-0.4, -0.2) is 16.8 Å². The predicted octanol–water partition coefficient (Wildman–Crippen LogP) is 2.48. The molecule has 0 unspecified atom stereocenters. The Labute approximate surface area is 111 Å². The molecule has 0 aliphatic heterocycles. The predicted molar refractivity (Wildman–Crippen MR) is 74.5 cm³/mol. The smallest absolute Gasteiger partial charge is 0.261 e. The van der Waals surface area contributed by atoms with Gasteiger partial charge < -0.3 is 9.84 Å². The van der Waals surface area contributed by atoms with Crippen LogP contribution >= 0.6 is 0 Å². The molecule has 19 heavy (non-hydrogen) atoms. The molecule has 100 valence electrons. The molecule has 0 atom stereocenters. The number of methoxy groups -OCH3 is 1. The summed E-state index contributed by atoms with van der Waals surface area (Å²) in [4.78, 5) is 12.3. The van der Waals surface area contributed by atoms with Gasteiger partial charge in [-0.3, -0.25) is 4.79 Å². The fraction of sp³-hybridized carbons (Fsp3) is 0.267. The van der Waals surface area contributed by atoms with Gasteiger partial charge in [-0.2, -0.15) is 0 Å². The molecule has 4 nitrogen and oxygen atoms in total. The zero-order valence-electron chi connectivity index (χ0n) is 11.5. The van der Waals surface area contributed by atoms with E-state index >= 15 is 0 Å². The second kappa shape index (κ2) is 4.80. The van der Waals surface area contributed by atoms with E-state index in [4.69, 9.17) is 4.74 Å². The van der Waals surface area contributed by atoms with Crippen molar-refractivity contribution in [2.45, 2.75) is 20.8 Å². The summed E-state index contributed by atoms with van der Waals surface area (Å²) in [5.41, 5.74) is 2.68. The molecule has 0 aliphatic rings. The SMILES string of the molecule is COc1ccc(C)cc1-n1c(O)cc(C)c(C)c1=O. The molecule has 2 aromatic rings. The summed E-state index contributed by atoms with van der Waals surface area (Å²) in [7, 11) is 1.54. The first-order chi connectivity index (χ1) is 8.95. The number of hydrogen-bond acceptors (Lipinski definition) is 3. The Morgan fingerprint density at radius 2 is 1.84 bits per heavy atom. The van der Waals surface area contributed by atoms with Crippen LogP contribution < -0.4 is 10.3 Å². The highest BCUT2D eigenvalue weighted by molar-refractivity contribution is 5.51. The van der Waals surface area contributed by atoms with Gasteiger partial charge in [0.15, 0.2) is 5.88 Å². The van der Waals surface area contributed by atoms with Crippen molar-refractivity contribution in [2.24, 2.45) is 0 Å². The molecule has 0 fully saturated rings. The van der Waals surface area contributed by atoms with Gasteiger partial charge in [-0.1, -0.05) is 6.07 Å². The quantitative estimate of drug-likeness (QED) is 0.901. The van der Waals surface area contributed by atoms with E-state index in [1.807, 2.05) is 19.1 Å². The standard InChI is InChI=1S/C15H17NO3/c1-9-5-6-13(19-4)12(7-9)16-14(17)8-10(2)11(3)15(16)18/h5-8,17H,1-4H3. The third kappa shape index (κ3) is 2.21. The maximum Gasteiger partial charge on any atom is 0.261 e. The second-order valence-electron chi connectivity index (χ2n) is 4.63. The zero-order chi connectivity index (χ0) is 14.2. The molecule has 0 radical (unpaired) electrons. The molecule has 0 spiro atoms. The molecule has 0 bridgehead atoms. The highest BCUT2D eigenvalue weighted by atomic mass is 16.5. The summed E-state index contributed by atoms with van der Waals surface area (Å²) in [6, 6.07) is 7.07. The summed E-state index contributed by atoms with van der Waals surface area (Å²) in [5.74, 6) is 0.461. The lowest BCUT2D eigenvalue weighted by molar-refractivity contribution is 0.403. The molecule has 0 amide bonds. The van der Waals surface area contributed by atoms with Crippen molar-refractivity contribution in [1.82, 2.24) is 4.57 Å². The first kappa shape index (κ1) is 13.2. The highest BCUT2D eigenvalue weighted by Crippen LogP contribution is 2.26. The summed E-state index contributed by atoms with van der Waals surface area (Å²) in [6.07, 6.45) is 0. The van der Waals surface area contributed by atoms with Gasteiger partial charge in [0, 0.05) is 11.6 Å². The van der Waals surface area contributed by atoms with Crippen LogP contribution in [0.1, 0.15) is 16.7 Å². The van der Waals surface area contributed by atoms with Crippen molar-refractivity contribution in [3.63, 3.8) is 0 Å². The number of hydrogen-bond donors (Lipinski definition) is 1. The monoisotopic (exact) mass is 259 g/mol. The van der Waals surface area contributed by atoms with Crippen molar-refractivity contribution in [3.05, 3.63) is 51.3 Å². The molecule has 0 saturated carbocycles. The number of aryl methyl sites for hydroxylation is 2. The normalized spacial score (nSPS) is 10.5. The lowest BCUT2D eigenvalue weighted by atomic mass is 10.1. The van der Waals surface area contributed by atoms with Crippen LogP contribution in [0.15, 0.2) is 29.1 Å². The number of benzene rings is 1. The Kier molecular flexibility index (Phi) is 3.34. The number of ether oxygens (including phenoxy) is 1. The van der Waals surface area contributed by atoms with Crippen LogP contribution in [0, 0.1) is 20.8 Å². The summed E-state index contributed by atoms with van der Waals surface area (Å²) >= 11 is 0. The fourth-order valence-corrected chi connectivity index (χ4v) is 2.01. The Balaban J connectivity index is 2.83. The molecule has 2 rings (SSSR count). The van der Waals surface area contributed by atoms with Crippen molar-refractivity contribution >= 4 is 0 Å². The minimum Gasteiger partial charge on any atom is -0.495 e. The number of pyridine rings is 1. The molecular formula is C15H17NO3. The largest absolute Gasteiger partial charge is 0.495 e. The third-order valence-corrected chi connectivity index (χ3v) is 3.27. The van der Waals surface area contributed by atoms with E-state index in [0.717, 1.165) is 11.1 Å². The maximum atomic E-state index is 12.3. The molecule has 0 aliphatic carbocycles. The van der Waals surface area contributed by atoms with Gasteiger partial charge in [-0.05, 0) is 44.0 Å². The van der Waals surface area contributed by atoms with Crippen LogP contribution in [0.2, 0.25) is 0 Å². The average molecular weight is 259 g/mol. The Bertz CT molecular complexity index is 687. The lowest BCUT2D eigenvalue weighted by Gasteiger charge is -2.15. The van der Waals surface area contributed by atoms with Gasteiger partial charge in [-0.15, -0.1) is 0 Å². The van der Waals surface area contributed by atoms with Gasteiger partial charge in [0.05, 0.1) is 12.8 Å². The van der Waals surface area contributed by atoms with Crippen LogP contribution in [-0.2, 0) is 0 Å². The minimum atomic E-state index is -0.235. The second-order valence-corrected chi connectivity index (χ2v) is 4.63. The molecule has 0 saturated heterocycles. The average Bonchev–Trinajstić information content (AvgIpc) is 2.36. The Morgan fingerprint density at radius 1 is 1.16 bits per heavy atom. The summed E-state index contributed by atoms with van der Waals surface area (Å²) in [6.45, 7) is 5.47. The van der Waals surface area contributed by atoms with Gasteiger partial charge in [0.2, 0.25) is 0 Å². The van der Waals surface area contributed by atoms with Crippen LogP contribution in [0.25, 0.3) is 5.69 Å². The first-order valence-corrected chi connectivity index (χ1v) is 6.03. The highest BCUT2D eigenvalue weighted by Gasteiger charge is 2.14. The van der Waals surface area contributed by atoms with Crippen LogP contribution in [0.4, 0.5) is 0 Å². The van der Waals surface area contributed by atoms with E-state index < -0.39 is 0 Å². The van der Waals surface area contributed by atoms with Gasteiger partial charge in [0.1, 0.15) is 5.75 Å². The molecule has 4 heteroatoms. The van der Waals surface area contributed by atoms with E-state index in [9.17, 15) is 9.90 Å². The van der Waals surface area contributed by atoms with Crippen molar-refractivity contribution in [1.29, 1.82) is 0 Å². The minimum absolute atomic E-state index is 0.0861. The summed E-state index contributed by atoms with van der Waals surface area (Å²) < 4.78 is 6.54. The molecule has 1 heterocycles. The fourth-order valence-electron chi connectivity index (χ4n) is 2.01. The molecule has 1 N–H and O–H groups in total. The number of rotatable bonds is 2. The molecule has 1 aromatic heterocycles. The number of nitrogens with zero attached hydrogens (tertiary/aromatic N) is 1. The number of aromatic hydroxyl groups is 1. The van der Waals surface area contributed by atoms with E-state index in [1.165, 1.54) is 11.7 Å². The molecular weight excluding hydrogens is 242 g/mol. The Hall–Kier alpha value is -2.23. The zero-order valence-corrected chi connectivity index (χ0v) is 11.5. The van der Waals surface area contributed by atoms with E-state index in [1.54, 1.807) is 26.0 Å². The number of aromatic nitrogens is 1. The van der Waals surface area contributed by atoms with Crippen LogP contribution in [0.5, 0.6) is 11.6 Å². The molecule has 1 aromatic carbocycles. The van der Waals surface area contributed by atoms with E-state index in [-0.39, 0.29) is 11.4 Å². The van der Waals surface area contributed by atoms with Gasteiger partial charge in [0.25, 0.3) is 5.56 Å². The lowest BCUT2D eigenvalue weighted by Crippen LogP contribution is -2.22. The third-order valence-electron chi connectivity index (χ3n) is 3.27. The topological polar surface area (TPSA) is 51.5 Å². The maximum absolute atomic E-state index is 12.3. The van der Waals surface area contributed by atoms with Crippen molar-refractivity contribution in [3.8, 4) is 17.3 Å². The van der Waals surface area contributed by atoms with Crippen molar-refractivity contribution < 1.29 is 9.84 Å². The van der Waals surface area contributed by atoms with Gasteiger partial charge in [-0.25, -0.2) is 4.57 Å².